The zero-order valence-corrected chi connectivity index (χ0v) is 9.08. The highest BCUT2D eigenvalue weighted by Crippen LogP contribution is 2.23. The van der Waals surface area contributed by atoms with Gasteiger partial charge in [0.05, 0.1) is 6.61 Å². The molecule has 0 bridgehead atoms. The molecule has 0 amide bonds. The van der Waals surface area contributed by atoms with Gasteiger partial charge in [-0.15, -0.1) is 0 Å². The smallest absolute Gasteiger partial charge is 0.454 e. The molecule has 0 spiro atoms. The van der Waals surface area contributed by atoms with Gasteiger partial charge in [-0.25, -0.2) is 0 Å². The second kappa shape index (κ2) is 5.67. The van der Waals surface area contributed by atoms with Gasteiger partial charge in [-0.2, -0.15) is 13.2 Å². The molecule has 3 nitrogen and oxygen atoms in total. The molecule has 1 aromatic carbocycles. The van der Waals surface area contributed by atoms with Crippen molar-refractivity contribution in [2.75, 3.05) is 20.3 Å². The summed E-state index contributed by atoms with van der Waals surface area (Å²) in [5.41, 5.74) is -0.438. The first-order valence-electron chi connectivity index (χ1n) is 4.78. The summed E-state index contributed by atoms with van der Waals surface area (Å²) in [4.78, 5) is 10.9. The van der Waals surface area contributed by atoms with Gasteiger partial charge < -0.3 is 9.47 Å². The molecule has 17 heavy (non-hydrogen) atoms. The Morgan fingerprint density at radius 2 is 2.00 bits per heavy atom. The number of benzene rings is 1. The Bertz CT molecular complexity index is 388. The second-order valence-electron chi connectivity index (χ2n) is 3.20. The lowest BCUT2D eigenvalue weighted by Crippen LogP contribution is -2.22. The highest BCUT2D eigenvalue weighted by Gasteiger charge is 2.39. The average molecular weight is 248 g/mol. The molecular formula is C11H11F3O3. The van der Waals surface area contributed by atoms with Crippen LogP contribution in [-0.4, -0.2) is 32.3 Å². The number of rotatable bonds is 5. The first-order valence-corrected chi connectivity index (χ1v) is 4.78. The van der Waals surface area contributed by atoms with Crippen molar-refractivity contribution in [3.63, 3.8) is 0 Å². The summed E-state index contributed by atoms with van der Waals surface area (Å²) < 4.78 is 46.3. The number of ether oxygens (including phenoxy) is 2. The van der Waals surface area contributed by atoms with E-state index in [0.29, 0.717) is 6.61 Å². The van der Waals surface area contributed by atoms with Crippen molar-refractivity contribution in [3.05, 3.63) is 29.8 Å². The van der Waals surface area contributed by atoms with Crippen LogP contribution in [0, 0.1) is 0 Å². The predicted octanol–water partition coefficient (Wildman–Crippen LogP) is 2.46. The molecule has 0 radical (unpaired) electrons. The number of ketones is 1. The standard InChI is InChI=1S/C11H11F3O3/c1-16-5-6-17-9-4-2-3-8(7-9)10(15)11(12,13)14/h2-4,7H,5-6H2,1H3. The summed E-state index contributed by atoms with van der Waals surface area (Å²) in [6, 6.07) is 4.97. The number of halogens is 3. The maximum Gasteiger partial charge on any atom is 0.454 e. The van der Waals surface area contributed by atoms with Gasteiger partial charge in [-0.05, 0) is 12.1 Å². The fourth-order valence-electron chi connectivity index (χ4n) is 1.13. The Morgan fingerprint density at radius 3 is 2.59 bits per heavy atom. The molecule has 0 heterocycles. The minimum absolute atomic E-state index is 0.206. The van der Waals surface area contributed by atoms with Crippen LogP contribution in [0.2, 0.25) is 0 Å². The third kappa shape index (κ3) is 4.07. The van der Waals surface area contributed by atoms with Crippen LogP contribution in [-0.2, 0) is 4.74 Å². The molecule has 1 aromatic rings. The van der Waals surface area contributed by atoms with Crippen LogP contribution in [0.15, 0.2) is 24.3 Å². The summed E-state index contributed by atoms with van der Waals surface area (Å²) in [5.74, 6) is -1.67. The van der Waals surface area contributed by atoms with Crippen LogP contribution in [0.1, 0.15) is 10.4 Å². The number of carbonyl (C=O) groups is 1. The number of hydrogen-bond acceptors (Lipinski definition) is 3. The summed E-state index contributed by atoms with van der Waals surface area (Å²) in [7, 11) is 1.48. The van der Waals surface area contributed by atoms with Gasteiger partial charge in [0.25, 0.3) is 5.78 Å². The highest BCUT2D eigenvalue weighted by molar-refractivity contribution is 6.00. The van der Waals surface area contributed by atoms with Crippen molar-refractivity contribution in [2.24, 2.45) is 0 Å². The van der Waals surface area contributed by atoms with Gasteiger partial charge >= 0.3 is 6.18 Å². The maximum absolute atomic E-state index is 12.2. The lowest BCUT2D eigenvalue weighted by atomic mass is 10.1. The van der Waals surface area contributed by atoms with E-state index in [0.717, 1.165) is 12.1 Å². The Kier molecular flexibility index (Phi) is 4.51. The molecule has 0 saturated carbocycles. The van der Waals surface area contributed by atoms with E-state index >= 15 is 0 Å². The molecule has 0 atom stereocenters. The predicted molar refractivity (Wildman–Crippen MR) is 54.2 cm³/mol. The Balaban J connectivity index is 2.75. The summed E-state index contributed by atoms with van der Waals surface area (Å²) >= 11 is 0. The van der Waals surface area contributed by atoms with Crippen LogP contribution in [0.3, 0.4) is 0 Å². The van der Waals surface area contributed by atoms with Crippen molar-refractivity contribution in [1.29, 1.82) is 0 Å². The highest BCUT2D eigenvalue weighted by atomic mass is 19.4. The van der Waals surface area contributed by atoms with Gasteiger partial charge in [-0.3, -0.25) is 4.79 Å². The molecule has 0 unspecified atom stereocenters. The van der Waals surface area contributed by atoms with E-state index in [9.17, 15) is 18.0 Å². The van der Waals surface area contributed by atoms with Crippen LogP contribution in [0.4, 0.5) is 13.2 Å². The van der Waals surface area contributed by atoms with Crippen LogP contribution in [0.25, 0.3) is 0 Å². The SMILES string of the molecule is COCCOc1cccc(C(=O)C(F)(F)F)c1. The lowest BCUT2D eigenvalue weighted by Gasteiger charge is -2.08. The minimum Gasteiger partial charge on any atom is -0.491 e. The molecule has 0 aliphatic carbocycles. The van der Waals surface area contributed by atoms with Crippen LogP contribution in [0.5, 0.6) is 5.75 Å². The maximum atomic E-state index is 12.2. The fraction of sp³-hybridized carbons (Fsp3) is 0.364. The average Bonchev–Trinajstić information content (AvgIpc) is 2.28. The molecule has 0 aliphatic heterocycles. The third-order valence-corrected chi connectivity index (χ3v) is 1.91. The first-order chi connectivity index (χ1) is 7.95. The molecule has 1 rings (SSSR count). The van der Waals surface area contributed by atoms with Gasteiger partial charge in [0.15, 0.2) is 0 Å². The third-order valence-electron chi connectivity index (χ3n) is 1.91. The van der Waals surface area contributed by atoms with Crippen LogP contribution < -0.4 is 4.74 Å². The Labute approximate surface area is 96.1 Å². The molecule has 0 aromatic heterocycles. The lowest BCUT2D eigenvalue weighted by molar-refractivity contribution is -0.0885. The molecule has 6 heteroatoms. The molecule has 0 fully saturated rings. The van der Waals surface area contributed by atoms with Gasteiger partial charge in [0.1, 0.15) is 12.4 Å². The molecular weight excluding hydrogens is 237 g/mol. The number of carbonyl (C=O) groups excluding carboxylic acids is 1. The van der Waals surface area contributed by atoms with Crippen molar-refractivity contribution < 1.29 is 27.4 Å². The monoisotopic (exact) mass is 248 g/mol. The van der Waals surface area contributed by atoms with E-state index in [1.54, 1.807) is 0 Å². The zero-order valence-electron chi connectivity index (χ0n) is 9.08. The first kappa shape index (κ1) is 13.5. The Hall–Kier alpha value is -1.56. The summed E-state index contributed by atoms with van der Waals surface area (Å²) in [6.07, 6.45) is -4.87. The fourth-order valence-corrected chi connectivity index (χ4v) is 1.13. The van der Waals surface area contributed by atoms with Crippen molar-refractivity contribution in [2.45, 2.75) is 6.18 Å². The van der Waals surface area contributed by atoms with E-state index < -0.39 is 17.5 Å². The van der Waals surface area contributed by atoms with Gasteiger partial charge in [0, 0.05) is 12.7 Å². The Morgan fingerprint density at radius 1 is 1.29 bits per heavy atom. The number of methoxy groups -OCH3 is 1. The molecule has 0 N–H and O–H groups in total. The summed E-state index contributed by atoms with van der Waals surface area (Å²) in [6.45, 7) is 0.525. The molecule has 0 aliphatic rings. The number of alkyl halides is 3. The van der Waals surface area contributed by atoms with Crippen molar-refractivity contribution in [3.8, 4) is 5.75 Å². The normalized spacial score (nSPS) is 11.3. The van der Waals surface area contributed by atoms with Crippen molar-refractivity contribution in [1.82, 2.24) is 0 Å². The van der Waals surface area contributed by atoms with E-state index in [1.807, 2.05) is 0 Å². The zero-order chi connectivity index (χ0) is 12.9. The van der Waals surface area contributed by atoms with E-state index in [4.69, 9.17) is 9.47 Å². The van der Waals surface area contributed by atoms with Crippen LogP contribution >= 0.6 is 0 Å². The van der Waals surface area contributed by atoms with Gasteiger partial charge in [-0.1, -0.05) is 12.1 Å². The van der Waals surface area contributed by atoms with E-state index in [2.05, 4.69) is 0 Å². The molecule has 94 valence electrons. The quantitative estimate of drug-likeness (QED) is 0.593. The summed E-state index contributed by atoms with van der Waals surface area (Å²) in [5, 5.41) is 0. The number of Topliss-reactive ketones (excluding diaryl/α,β-unsaturated/α-hetero) is 1. The van der Waals surface area contributed by atoms with Gasteiger partial charge in [0.2, 0.25) is 0 Å². The second-order valence-corrected chi connectivity index (χ2v) is 3.20. The number of hydrogen-bond donors (Lipinski definition) is 0. The van der Waals surface area contributed by atoms with Crippen molar-refractivity contribution >= 4 is 5.78 Å². The largest absolute Gasteiger partial charge is 0.491 e. The topological polar surface area (TPSA) is 35.5 Å². The molecule has 0 saturated heterocycles. The minimum atomic E-state index is -4.87. The van der Waals surface area contributed by atoms with E-state index in [-0.39, 0.29) is 12.4 Å². The van der Waals surface area contributed by atoms with E-state index in [1.165, 1.54) is 19.2 Å².